The molecular formula is C27H40I2N2. The Hall–Kier alpha value is 0.0500. The summed E-state index contributed by atoms with van der Waals surface area (Å²) in [6.07, 6.45) is 16.9. The lowest BCUT2D eigenvalue weighted by Crippen LogP contribution is -2.36. The molecule has 1 aliphatic heterocycles. The van der Waals surface area contributed by atoms with Gasteiger partial charge < -0.3 is 0 Å². The molecule has 3 aliphatic rings. The molecule has 31 heavy (non-hydrogen) atoms. The molecule has 1 saturated heterocycles. The number of aliphatic imine (C=N–C) groups is 1. The molecule has 0 aromatic heterocycles. The summed E-state index contributed by atoms with van der Waals surface area (Å²) in [5.41, 5.74) is 3.42. The molecular weight excluding hydrogens is 606 g/mol. The predicted octanol–water partition coefficient (Wildman–Crippen LogP) is 8.14. The fourth-order valence-corrected chi connectivity index (χ4v) is 7.17. The maximum Gasteiger partial charge on any atom is 0.0541 e. The molecule has 3 unspecified atom stereocenters. The second kappa shape index (κ2) is 10.5. The monoisotopic (exact) mass is 646 g/mol. The Morgan fingerprint density at radius 2 is 1.77 bits per heavy atom. The molecule has 0 saturated carbocycles. The van der Waals surface area contributed by atoms with Crippen LogP contribution in [0.5, 0.6) is 0 Å². The van der Waals surface area contributed by atoms with E-state index in [-0.39, 0.29) is 10.8 Å². The molecule has 0 aromatic carbocycles. The first kappa shape index (κ1) is 25.7. The Bertz CT molecular complexity index is 802. The lowest BCUT2D eigenvalue weighted by Gasteiger charge is -2.33. The van der Waals surface area contributed by atoms with Crippen LogP contribution in [0, 0.1) is 22.7 Å². The number of nitrogens with zero attached hydrogens (tertiary/aromatic N) is 2. The number of rotatable bonds is 5. The van der Waals surface area contributed by atoms with Crippen molar-refractivity contribution in [3.05, 3.63) is 42.6 Å². The molecule has 2 aliphatic carbocycles. The highest BCUT2D eigenvalue weighted by Crippen LogP contribution is 2.40. The maximum absolute atomic E-state index is 5.02. The smallest absolute Gasteiger partial charge is 0.0541 e. The molecule has 3 atom stereocenters. The van der Waals surface area contributed by atoms with Crippen molar-refractivity contribution in [3.63, 3.8) is 0 Å². The number of halogens is 2. The molecule has 0 amide bonds. The first-order valence-electron chi connectivity index (χ1n) is 11.8. The largest absolute Gasteiger partial charge is 0.298 e. The quantitative estimate of drug-likeness (QED) is 0.218. The van der Waals surface area contributed by atoms with Gasteiger partial charge in [-0.05, 0) is 109 Å². The minimum atomic E-state index is 0.183. The first-order valence-corrected chi connectivity index (χ1v) is 14.0. The lowest BCUT2D eigenvalue weighted by atomic mass is 9.73. The lowest BCUT2D eigenvalue weighted by molar-refractivity contribution is 0.234. The van der Waals surface area contributed by atoms with Crippen LogP contribution in [0.1, 0.15) is 67.2 Å². The third kappa shape index (κ3) is 7.53. The molecule has 0 aromatic rings. The van der Waals surface area contributed by atoms with E-state index < -0.39 is 0 Å². The zero-order valence-electron chi connectivity index (χ0n) is 20.2. The summed E-state index contributed by atoms with van der Waals surface area (Å²) in [6, 6.07) is 0.609. The van der Waals surface area contributed by atoms with Crippen LogP contribution in [0.3, 0.4) is 0 Å². The van der Waals surface area contributed by atoms with Gasteiger partial charge in [0, 0.05) is 28.3 Å². The van der Waals surface area contributed by atoms with E-state index in [0.29, 0.717) is 17.9 Å². The van der Waals surface area contributed by atoms with E-state index in [0.717, 1.165) is 13.0 Å². The van der Waals surface area contributed by atoms with E-state index in [4.69, 9.17) is 4.99 Å². The van der Waals surface area contributed by atoms with Crippen molar-refractivity contribution in [2.24, 2.45) is 27.7 Å². The summed E-state index contributed by atoms with van der Waals surface area (Å²) in [6.45, 7) is 17.3. The van der Waals surface area contributed by atoms with Crippen LogP contribution in [0.2, 0.25) is 0 Å². The van der Waals surface area contributed by atoms with Crippen LogP contribution in [-0.4, -0.2) is 36.8 Å². The van der Waals surface area contributed by atoms with E-state index in [1.807, 2.05) is 0 Å². The minimum Gasteiger partial charge on any atom is -0.298 e. The zero-order chi connectivity index (χ0) is 22.8. The summed E-state index contributed by atoms with van der Waals surface area (Å²) in [4.78, 5) is 7.72. The van der Waals surface area contributed by atoms with Gasteiger partial charge in [-0.3, -0.25) is 9.89 Å². The molecule has 0 radical (unpaired) electrons. The van der Waals surface area contributed by atoms with Crippen molar-refractivity contribution in [2.45, 2.75) is 73.3 Å². The van der Waals surface area contributed by atoms with E-state index in [9.17, 15) is 0 Å². The minimum absolute atomic E-state index is 0.183. The van der Waals surface area contributed by atoms with Gasteiger partial charge in [0.05, 0.1) is 6.54 Å². The molecule has 0 bridgehead atoms. The van der Waals surface area contributed by atoms with Crippen molar-refractivity contribution in [2.75, 3.05) is 19.6 Å². The Balaban J connectivity index is 1.62. The molecule has 1 fully saturated rings. The van der Waals surface area contributed by atoms with Gasteiger partial charge in [0.1, 0.15) is 0 Å². The second-order valence-electron chi connectivity index (χ2n) is 11.6. The first-order chi connectivity index (χ1) is 14.4. The highest BCUT2D eigenvalue weighted by molar-refractivity contribution is 14.1. The summed E-state index contributed by atoms with van der Waals surface area (Å²) in [7, 11) is 0. The molecule has 0 spiro atoms. The Labute approximate surface area is 218 Å². The molecule has 4 heteroatoms. The van der Waals surface area contributed by atoms with Crippen molar-refractivity contribution < 1.29 is 0 Å². The molecule has 1 heterocycles. The van der Waals surface area contributed by atoms with E-state index in [2.05, 4.69) is 122 Å². The van der Waals surface area contributed by atoms with Crippen molar-refractivity contribution in [3.8, 4) is 0 Å². The van der Waals surface area contributed by atoms with Crippen molar-refractivity contribution in [1.82, 2.24) is 4.90 Å². The molecule has 2 nitrogen and oxygen atoms in total. The number of likely N-dealkylation sites (tertiary alicyclic amines) is 1. The van der Waals surface area contributed by atoms with Gasteiger partial charge in [-0.15, -0.1) is 0 Å². The van der Waals surface area contributed by atoms with Gasteiger partial charge in [-0.25, -0.2) is 0 Å². The summed E-state index contributed by atoms with van der Waals surface area (Å²) in [5, 5.41) is 0. The van der Waals surface area contributed by atoms with Crippen molar-refractivity contribution >= 4 is 51.4 Å². The average Bonchev–Trinajstić information content (AvgIpc) is 3.06. The Morgan fingerprint density at radius 1 is 1.03 bits per heavy atom. The normalized spacial score (nSPS) is 28.5. The SMILES string of the molecule is CC(C)(C)C1=CC(C=NCC2CCCN2CC2C=C(I)C=C(I)C2)CC(C(C)(C)C)=C1. The molecule has 0 N–H and O–H groups in total. The van der Waals surface area contributed by atoms with E-state index in [1.165, 1.54) is 45.1 Å². The van der Waals surface area contributed by atoms with Gasteiger partial charge in [-0.1, -0.05) is 65.3 Å². The highest BCUT2D eigenvalue weighted by atomic mass is 127. The van der Waals surface area contributed by atoms with Crippen LogP contribution in [-0.2, 0) is 0 Å². The van der Waals surface area contributed by atoms with Crippen LogP contribution in [0.25, 0.3) is 0 Å². The summed E-state index contributed by atoms with van der Waals surface area (Å²) < 4.78 is 2.89. The van der Waals surface area contributed by atoms with Gasteiger partial charge >= 0.3 is 0 Å². The van der Waals surface area contributed by atoms with Gasteiger partial charge in [0.25, 0.3) is 0 Å². The predicted molar refractivity (Wildman–Crippen MR) is 153 cm³/mol. The van der Waals surface area contributed by atoms with Crippen LogP contribution in [0.4, 0.5) is 0 Å². The van der Waals surface area contributed by atoms with E-state index >= 15 is 0 Å². The van der Waals surface area contributed by atoms with Crippen LogP contribution < -0.4 is 0 Å². The second-order valence-corrected chi connectivity index (χ2v) is 14.2. The standard InChI is InChI=1S/C27H40I2N2/c1-26(2,3)21-10-19(11-22(14-21)27(4,5)6)16-30-17-25-8-7-9-31(25)18-20-12-23(28)15-24(29)13-20/h10,12,14-16,19-20,25H,7-9,11,13,17-18H2,1-6H3. The van der Waals surface area contributed by atoms with Crippen LogP contribution in [0.15, 0.2) is 47.6 Å². The third-order valence-corrected chi connectivity index (χ3v) is 8.16. The van der Waals surface area contributed by atoms with Crippen LogP contribution >= 0.6 is 45.2 Å². The molecule has 172 valence electrons. The summed E-state index contributed by atoms with van der Waals surface area (Å²) >= 11 is 4.97. The van der Waals surface area contributed by atoms with Gasteiger partial charge in [-0.2, -0.15) is 0 Å². The maximum atomic E-state index is 5.02. The Morgan fingerprint density at radius 3 is 2.42 bits per heavy atom. The highest BCUT2D eigenvalue weighted by Gasteiger charge is 2.29. The summed E-state index contributed by atoms with van der Waals surface area (Å²) in [5.74, 6) is 1.08. The van der Waals surface area contributed by atoms with Crippen molar-refractivity contribution in [1.29, 1.82) is 0 Å². The number of allylic oxidation sites excluding steroid dienone is 7. The fraction of sp³-hybridized carbons (Fsp3) is 0.667. The third-order valence-electron chi connectivity index (χ3n) is 6.74. The average molecular weight is 646 g/mol. The number of hydrogen-bond donors (Lipinski definition) is 0. The Kier molecular flexibility index (Phi) is 8.73. The molecule has 3 rings (SSSR count). The topological polar surface area (TPSA) is 15.6 Å². The van der Waals surface area contributed by atoms with E-state index in [1.54, 1.807) is 5.57 Å². The zero-order valence-corrected chi connectivity index (χ0v) is 24.5. The number of hydrogen-bond acceptors (Lipinski definition) is 2. The van der Waals surface area contributed by atoms with Gasteiger partial charge in [0.2, 0.25) is 0 Å². The fourth-order valence-electron chi connectivity index (χ4n) is 4.79. The van der Waals surface area contributed by atoms with Gasteiger partial charge in [0.15, 0.2) is 0 Å².